The summed E-state index contributed by atoms with van der Waals surface area (Å²) in [6, 6.07) is 0. The zero-order chi connectivity index (χ0) is 10.8. The lowest BCUT2D eigenvalue weighted by atomic mass is 9.70. The number of hydrogen-bond acceptors (Lipinski definition) is 2. The van der Waals surface area contributed by atoms with Crippen molar-refractivity contribution in [1.82, 2.24) is 9.97 Å². The molecule has 1 heterocycles. The van der Waals surface area contributed by atoms with Crippen LogP contribution in [0.15, 0.2) is 0 Å². The molecular formula is C12H19N3. The predicted octanol–water partition coefficient (Wildman–Crippen LogP) is 2.04. The highest BCUT2D eigenvalue weighted by molar-refractivity contribution is 5.42. The van der Waals surface area contributed by atoms with Crippen molar-refractivity contribution in [2.24, 2.45) is 11.1 Å². The minimum Gasteiger partial charge on any atom is -0.344 e. The van der Waals surface area contributed by atoms with Crippen molar-refractivity contribution in [3.8, 4) is 0 Å². The van der Waals surface area contributed by atoms with E-state index in [2.05, 4.69) is 30.7 Å². The van der Waals surface area contributed by atoms with Crippen LogP contribution in [0.2, 0.25) is 0 Å². The van der Waals surface area contributed by atoms with Crippen molar-refractivity contribution in [1.29, 1.82) is 0 Å². The summed E-state index contributed by atoms with van der Waals surface area (Å²) in [5, 5.41) is 0. The van der Waals surface area contributed by atoms with E-state index < -0.39 is 0 Å². The van der Waals surface area contributed by atoms with Gasteiger partial charge in [0.25, 0.3) is 0 Å². The first-order valence-electron chi connectivity index (χ1n) is 5.80. The Morgan fingerprint density at radius 3 is 2.80 bits per heavy atom. The van der Waals surface area contributed by atoms with Crippen LogP contribution in [0.25, 0.3) is 0 Å². The molecule has 0 aliphatic heterocycles. The van der Waals surface area contributed by atoms with Gasteiger partial charge in [0, 0.05) is 17.0 Å². The molecule has 0 amide bonds. The standard InChI is InChI=1S/C12H19N3/c1-11(2)7-4-5-12(11,3)10-9(7)14-8(6-13)15-10/h7H,4-6,13H2,1-3H3,(H,14,15). The molecule has 0 saturated heterocycles. The fourth-order valence-corrected chi connectivity index (χ4v) is 3.64. The Bertz CT molecular complexity index is 419. The lowest BCUT2D eigenvalue weighted by molar-refractivity contribution is 0.225. The molecule has 0 radical (unpaired) electrons. The second kappa shape index (κ2) is 2.46. The van der Waals surface area contributed by atoms with E-state index in [0.29, 0.717) is 17.9 Å². The zero-order valence-corrected chi connectivity index (χ0v) is 9.72. The van der Waals surface area contributed by atoms with E-state index in [1.807, 2.05) is 0 Å². The monoisotopic (exact) mass is 205 g/mol. The van der Waals surface area contributed by atoms with Gasteiger partial charge in [-0.05, 0) is 18.3 Å². The molecule has 3 heteroatoms. The summed E-state index contributed by atoms with van der Waals surface area (Å²) in [5.41, 5.74) is 8.92. The largest absolute Gasteiger partial charge is 0.344 e. The first-order valence-corrected chi connectivity index (χ1v) is 5.80. The number of hydrogen-bond donors (Lipinski definition) is 2. The second-order valence-electron chi connectivity index (χ2n) is 5.79. The fourth-order valence-electron chi connectivity index (χ4n) is 3.64. The molecule has 82 valence electrons. The number of imidazole rings is 1. The van der Waals surface area contributed by atoms with Crippen LogP contribution in [0.3, 0.4) is 0 Å². The van der Waals surface area contributed by atoms with Gasteiger partial charge in [-0.25, -0.2) is 4.98 Å². The molecule has 2 aliphatic rings. The SMILES string of the molecule is CC12CCC(c3[nH]c(CN)nc31)C2(C)C. The molecule has 1 aromatic rings. The lowest BCUT2D eigenvalue weighted by Crippen LogP contribution is -2.32. The van der Waals surface area contributed by atoms with E-state index in [-0.39, 0.29) is 5.41 Å². The smallest absolute Gasteiger partial charge is 0.120 e. The molecule has 15 heavy (non-hydrogen) atoms. The molecule has 0 spiro atoms. The summed E-state index contributed by atoms with van der Waals surface area (Å²) >= 11 is 0. The molecule has 3 rings (SSSR count). The molecule has 3 nitrogen and oxygen atoms in total. The van der Waals surface area contributed by atoms with Crippen molar-refractivity contribution >= 4 is 0 Å². The van der Waals surface area contributed by atoms with E-state index in [9.17, 15) is 0 Å². The minimum absolute atomic E-state index is 0.261. The van der Waals surface area contributed by atoms with Crippen LogP contribution >= 0.6 is 0 Å². The Kier molecular flexibility index (Phi) is 1.54. The summed E-state index contributed by atoms with van der Waals surface area (Å²) < 4.78 is 0. The van der Waals surface area contributed by atoms with Crippen LogP contribution < -0.4 is 5.73 Å². The summed E-state index contributed by atoms with van der Waals surface area (Å²) in [7, 11) is 0. The van der Waals surface area contributed by atoms with Gasteiger partial charge in [-0.3, -0.25) is 0 Å². The second-order valence-corrected chi connectivity index (χ2v) is 5.79. The van der Waals surface area contributed by atoms with E-state index in [4.69, 9.17) is 5.73 Å². The first kappa shape index (κ1) is 9.40. The number of nitrogens with two attached hydrogens (primary N) is 1. The maximum Gasteiger partial charge on any atom is 0.120 e. The van der Waals surface area contributed by atoms with Gasteiger partial charge in [-0.2, -0.15) is 0 Å². The molecule has 3 N–H and O–H groups in total. The molecule has 0 aromatic carbocycles. The summed E-state index contributed by atoms with van der Waals surface area (Å²) in [6.45, 7) is 7.64. The van der Waals surface area contributed by atoms with Crippen molar-refractivity contribution in [2.75, 3.05) is 0 Å². The molecule has 1 aromatic heterocycles. The third kappa shape index (κ3) is 0.842. The number of nitrogens with zero attached hydrogens (tertiary/aromatic N) is 1. The Hall–Kier alpha value is -0.830. The van der Waals surface area contributed by atoms with Gasteiger partial charge in [0.2, 0.25) is 0 Å². The minimum atomic E-state index is 0.261. The topological polar surface area (TPSA) is 54.7 Å². The Morgan fingerprint density at radius 2 is 2.20 bits per heavy atom. The summed E-state index contributed by atoms with van der Waals surface area (Å²) in [4.78, 5) is 8.10. The van der Waals surface area contributed by atoms with Gasteiger partial charge in [0.15, 0.2) is 0 Å². The quantitative estimate of drug-likeness (QED) is 0.737. The molecule has 2 aliphatic carbocycles. The molecular weight excluding hydrogens is 186 g/mol. The Morgan fingerprint density at radius 1 is 1.47 bits per heavy atom. The van der Waals surface area contributed by atoms with E-state index >= 15 is 0 Å². The van der Waals surface area contributed by atoms with Gasteiger partial charge in [0.1, 0.15) is 5.82 Å². The van der Waals surface area contributed by atoms with Crippen molar-refractivity contribution < 1.29 is 0 Å². The normalized spacial score (nSPS) is 35.9. The highest BCUT2D eigenvalue weighted by Crippen LogP contribution is 2.66. The van der Waals surface area contributed by atoms with Crippen LogP contribution in [-0.4, -0.2) is 9.97 Å². The van der Waals surface area contributed by atoms with Crippen LogP contribution in [0.4, 0.5) is 0 Å². The summed E-state index contributed by atoms with van der Waals surface area (Å²) in [6.07, 6.45) is 2.56. The average Bonchev–Trinajstić information content (AvgIpc) is 2.74. The number of rotatable bonds is 1. The number of aromatic amines is 1. The lowest BCUT2D eigenvalue weighted by Gasteiger charge is -2.34. The van der Waals surface area contributed by atoms with E-state index in [1.54, 1.807) is 0 Å². The Balaban J connectivity index is 2.20. The third-order valence-electron chi connectivity index (χ3n) is 5.07. The third-order valence-corrected chi connectivity index (χ3v) is 5.07. The van der Waals surface area contributed by atoms with Gasteiger partial charge in [0.05, 0.1) is 12.2 Å². The van der Waals surface area contributed by atoms with E-state index in [1.165, 1.54) is 24.2 Å². The van der Waals surface area contributed by atoms with Crippen LogP contribution in [0.5, 0.6) is 0 Å². The molecule has 1 saturated carbocycles. The van der Waals surface area contributed by atoms with Gasteiger partial charge >= 0.3 is 0 Å². The van der Waals surface area contributed by atoms with Crippen molar-refractivity contribution in [2.45, 2.75) is 51.5 Å². The number of fused-ring (bicyclic) bond motifs is 5. The zero-order valence-electron chi connectivity index (χ0n) is 9.72. The number of H-pyrrole nitrogens is 1. The number of nitrogens with one attached hydrogen (secondary N) is 1. The van der Waals surface area contributed by atoms with Gasteiger partial charge in [-0.15, -0.1) is 0 Å². The number of aromatic nitrogens is 2. The molecule has 2 bridgehead atoms. The fraction of sp³-hybridized carbons (Fsp3) is 0.750. The van der Waals surface area contributed by atoms with Crippen LogP contribution in [0, 0.1) is 5.41 Å². The molecule has 2 atom stereocenters. The van der Waals surface area contributed by atoms with Crippen molar-refractivity contribution in [3.05, 3.63) is 17.2 Å². The maximum atomic E-state index is 5.64. The van der Waals surface area contributed by atoms with Gasteiger partial charge in [-0.1, -0.05) is 20.8 Å². The van der Waals surface area contributed by atoms with Crippen LogP contribution in [0.1, 0.15) is 56.7 Å². The van der Waals surface area contributed by atoms with Gasteiger partial charge < -0.3 is 10.7 Å². The Labute approximate surface area is 90.5 Å². The maximum absolute atomic E-state index is 5.64. The summed E-state index contributed by atoms with van der Waals surface area (Å²) in [5.74, 6) is 1.61. The van der Waals surface area contributed by atoms with Crippen molar-refractivity contribution in [3.63, 3.8) is 0 Å². The first-order chi connectivity index (χ1) is 7.00. The van der Waals surface area contributed by atoms with Crippen LogP contribution in [-0.2, 0) is 12.0 Å². The van der Waals surface area contributed by atoms with E-state index in [0.717, 1.165) is 5.82 Å². The predicted molar refractivity (Wildman–Crippen MR) is 59.6 cm³/mol. The highest BCUT2D eigenvalue weighted by Gasteiger charge is 2.61. The molecule has 1 fully saturated rings. The average molecular weight is 205 g/mol. The molecule has 2 unspecified atom stereocenters. The highest BCUT2D eigenvalue weighted by atomic mass is 15.0.